The van der Waals surface area contributed by atoms with Crippen LogP contribution in [0.5, 0.6) is 5.75 Å². The van der Waals surface area contributed by atoms with Gasteiger partial charge < -0.3 is 9.64 Å². The molecule has 0 aromatic heterocycles. The highest BCUT2D eigenvalue weighted by atomic mass is 32.2. The van der Waals surface area contributed by atoms with Crippen LogP contribution in [-0.4, -0.2) is 33.2 Å². The normalized spacial score (nSPS) is 19.1. The Balaban J connectivity index is 2.24. The van der Waals surface area contributed by atoms with Gasteiger partial charge in [-0.05, 0) is 19.1 Å². The van der Waals surface area contributed by atoms with Gasteiger partial charge in [0.25, 0.3) is 0 Å². The summed E-state index contributed by atoms with van der Waals surface area (Å²) in [5.74, 6) is -1.04. The second kappa shape index (κ2) is 5.98. The van der Waals surface area contributed by atoms with Crippen molar-refractivity contribution in [1.82, 2.24) is 0 Å². The van der Waals surface area contributed by atoms with E-state index < -0.39 is 15.8 Å². The largest absolute Gasteiger partial charge is 0.492 e. The number of primary sulfonamides is 1. The molecule has 1 fully saturated rings. The number of hydrogen-bond acceptors (Lipinski definition) is 4. The SMILES string of the molecule is CCOc1cc(F)ccc1N1CC(CS(N)(=O)=O)CC1=O. The van der Waals surface area contributed by atoms with Gasteiger partial charge in [0.1, 0.15) is 11.6 Å². The van der Waals surface area contributed by atoms with Gasteiger partial charge in [-0.1, -0.05) is 0 Å². The van der Waals surface area contributed by atoms with Crippen molar-refractivity contribution in [1.29, 1.82) is 0 Å². The summed E-state index contributed by atoms with van der Waals surface area (Å²) in [6, 6.07) is 3.90. The molecule has 1 aliphatic rings. The molecule has 1 aromatic rings. The molecule has 1 atom stereocenters. The Morgan fingerprint density at radius 3 is 2.81 bits per heavy atom. The number of carbonyl (C=O) groups is 1. The van der Waals surface area contributed by atoms with E-state index in [0.29, 0.717) is 12.3 Å². The number of ether oxygens (including phenoxy) is 1. The van der Waals surface area contributed by atoms with Crippen LogP contribution in [0.15, 0.2) is 18.2 Å². The van der Waals surface area contributed by atoms with Crippen LogP contribution in [0.1, 0.15) is 13.3 Å². The molecule has 0 spiro atoms. The fourth-order valence-corrected chi connectivity index (χ4v) is 3.32. The van der Waals surface area contributed by atoms with Gasteiger partial charge >= 0.3 is 0 Å². The van der Waals surface area contributed by atoms with E-state index in [1.807, 2.05) is 0 Å². The fourth-order valence-electron chi connectivity index (χ4n) is 2.44. The van der Waals surface area contributed by atoms with Crippen LogP contribution in [0, 0.1) is 11.7 Å². The van der Waals surface area contributed by atoms with Gasteiger partial charge in [0.2, 0.25) is 15.9 Å². The number of amides is 1. The highest BCUT2D eigenvalue weighted by Gasteiger charge is 2.34. The lowest BCUT2D eigenvalue weighted by atomic mass is 10.1. The summed E-state index contributed by atoms with van der Waals surface area (Å²) in [5, 5.41) is 5.01. The first-order valence-corrected chi connectivity index (χ1v) is 8.25. The van der Waals surface area contributed by atoms with Crippen LogP contribution in [0.2, 0.25) is 0 Å². The van der Waals surface area contributed by atoms with Crippen LogP contribution in [0.4, 0.5) is 10.1 Å². The zero-order chi connectivity index (χ0) is 15.6. The summed E-state index contributed by atoms with van der Waals surface area (Å²) in [7, 11) is -3.63. The number of anilines is 1. The second-order valence-corrected chi connectivity index (χ2v) is 6.61. The highest BCUT2D eigenvalue weighted by Crippen LogP contribution is 2.34. The third kappa shape index (κ3) is 3.92. The van der Waals surface area contributed by atoms with Crippen molar-refractivity contribution < 1.29 is 22.3 Å². The smallest absolute Gasteiger partial charge is 0.227 e. The molecule has 2 N–H and O–H groups in total. The van der Waals surface area contributed by atoms with Crippen molar-refractivity contribution in [3.63, 3.8) is 0 Å². The van der Waals surface area contributed by atoms with Crippen LogP contribution >= 0.6 is 0 Å². The number of rotatable bonds is 5. The van der Waals surface area contributed by atoms with E-state index in [0.717, 1.165) is 0 Å². The fraction of sp³-hybridized carbons (Fsp3) is 0.462. The van der Waals surface area contributed by atoms with Crippen molar-refractivity contribution in [3.05, 3.63) is 24.0 Å². The van der Waals surface area contributed by atoms with Gasteiger partial charge in [-0.3, -0.25) is 4.79 Å². The Morgan fingerprint density at radius 2 is 2.19 bits per heavy atom. The molecule has 116 valence electrons. The number of carbonyl (C=O) groups excluding carboxylic acids is 1. The third-order valence-electron chi connectivity index (χ3n) is 3.19. The first-order valence-electron chi connectivity index (χ1n) is 6.53. The molecule has 1 unspecified atom stereocenters. The van der Waals surface area contributed by atoms with E-state index in [4.69, 9.17) is 9.88 Å². The Labute approximate surface area is 122 Å². The number of benzene rings is 1. The number of nitrogens with zero attached hydrogens (tertiary/aromatic N) is 1. The van der Waals surface area contributed by atoms with Crippen molar-refractivity contribution in [3.8, 4) is 5.75 Å². The van der Waals surface area contributed by atoms with E-state index in [2.05, 4.69) is 0 Å². The third-order valence-corrected chi connectivity index (χ3v) is 4.12. The maximum atomic E-state index is 13.3. The number of sulfonamides is 1. The summed E-state index contributed by atoms with van der Waals surface area (Å²) in [5.41, 5.74) is 0.445. The standard InChI is InChI=1S/C13H17FN2O4S/c1-2-20-12-6-10(14)3-4-11(12)16-7-9(5-13(16)17)8-21(15,18)19/h3-4,6,9H,2,5,7-8H2,1H3,(H2,15,18,19). The molecule has 0 radical (unpaired) electrons. The molecular formula is C13H17FN2O4S. The topological polar surface area (TPSA) is 89.7 Å². The number of halogens is 1. The molecule has 1 heterocycles. The average molecular weight is 316 g/mol. The Hall–Kier alpha value is -1.67. The molecule has 0 aliphatic carbocycles. The van der Waals surface area contributed by atoms with E-state index in [1.54, 1.807) is 6.92 Å². The van der Waals surface area contributed by atoms with Crippen LogP contribution in [0.25, 0.3) is 0 Å². The molecule has 2 rings (SSSR count). The van der Waals surface area contributed by atoms with Crippen molar-refractivity contribution >= 4 is 21.6 Å². The van der Waals surface area contributed by atoms with Gasteiger partial charge in [-0.25, -0.2) is 17.9 Å². The Morgan fingerprint density at radius 1 is 1.48 bits per heavy atom. The minimum Gasteiger partial charge on any atom is -0.492 e. The molecule has 1 aliphatic heterocycles. The van der Waals surface area contributed by atoms with Gasteiger partial charge in [0.05, 0.1) is 18.0 Å². The summed E-state index contributed by atoms with van der Waals surface area (Å²) in [4.78, 5) is 13.5. The molecule has 6 nitrogen and oxygen atoms in total. The molecule has 0 saturated carbocycles. The van der Waals surface area contributed by atoms with Gasteiger partial charge in [-0.15, -0.1) is 0 Å². The van der Waals surface area contributed by atoms with E-state index in [1.165, 1.54) is 23.1 Å². The number of nitrogens with two attached hydrogens (primary N) is 1. The lowest BCUT2D eigenvalue weighted by molar-refractivity contribution is -0.117. The maximum Gasteiger partial charge on any atom is 0.227 e. The minimum absolute atomic E-state index is 0.0966. The molecule has 1 aromatic carbocycles. The second-order valence-electron chi connectivity index (χ2n) is 4.95. The lowest BCUT2D eigenvalue weighted by Crippen LogP contribution is -2.27. The predicted molar refractivity (Wildman–Crippen MR) is 76.0 cm³/mol. The van der Waals surface area contributed by atoms with Crippen molar-refractivity contribution in [2.75, 3.05) is 23.8 Å². The molecule has 21 heavy (non-hydrogen) atoms. The maximum absolute atomic E-state index is 13.3. The molecular weight excluding hydrogens is 299 g/mol. The number of hydrogen-bond donors (Lipinski definition) is 1. The average Bonchev–Trinajstić information content (AvgIpc) is 2.68. The van der Waals surface area contributed by atoms with Crippen molar-refractivity contribution in [2.24, 2.45) is 11.1 Å². The monoisotopic (exact) mass is 316 g/mol. The van der Waals surface area contributed by atoms with E-state index in [9.17, 15) is 17.6 Å². The van der Waals surface area contributed by atoms with Crippen LogP contribution in [-0.2, 0) is 14.8 Å². The Kier molecular flexibility index (Phi) is 4.48. The Bertz CT molecular complexity index is 648. The van der Waals surface area contributed by atoms with E-state index in [-0.39, 0.29) is 36.3 Å². The first-order chi connectivity index (χ1) is 9.80. The summed E-state index contributed by atoms with van der Waals surface area (Å²) < 4.78 is 40.9. The minimum atomic E-state index is -3.63. The van der Waals surface area contributed by atoms with Crippen LogP contribution in [0.3, 0.4) is 0 Å². The summed E-state index contributed by atoms with van der Waals surface area (Å²) >= 11 is 0. The van der Waals surface area contributed by atoms with Crippen LogP contribution < -0.4 is 14.8 Å². The highest BCUT2D eigenvalue weighted by molar-refractivity contribution is 7.89. The van der Waals surface area contributed by atoms with Gasteiger partial charge in [-0.2, -0.15) is 0 Å². The van der Waals surface area contributed by atoms with E-state index >= 15 is 0 Å². The molecule has 1 amide bonds. The first kappa shape index (κ1) is 15.7. The zero-order valence-corrected chi connectivity index (χ0v) is 12.4. The molecule has 8 heteroatoms. The van der Waals surface area contributed by atoms with Crippen molar-refractivity contribution in [2.45, 2.75) is 13.3 Å². The molecule has 1 saturated heterocycles. The summed E-state index contributed by atoms with van der Waals surface area (Å²) in [6.45, 7) is 2.31. The lowest BCUT2D eigenvalue weighted by Gasteiger charge is -2.20. The predicted octanol–water partition coefficient (Wildman–Crippen LogP) is 0.866. The summed E-state index contributed by atoms with van der Waals surface area (Å²) in [6.07, 6.45) is 0.0966. The van der Waals surface area contributed by atoms with Gasteiger partial charge in [0, 0.05) is 24.9 Å². The molecule has 0 bridgehead atoms. The zero-order valence-electron chi connectivity index (χ0n) is 11.6. The van der Waals surface area contributed by atoms with Gasteiger partial charge in [0.15, 0.2) is 0 Å². The quantitative estimate of drug-likeness (QED) is 0.872.